The molecule has 0 radical (unpaired) electrons. The van der Waals surface area contributed by atoms with E-state index in [1.165, 1.54) is 11.3 Å². The van der Waals surface area contributed by atoms with Crippen LogP contribution in [0.3, 0.4) is 0 Å². The summed E-state index contributed by atoms with van der Waals surface area (Å²) in [6.45, 7) is 1.65. The molecule has 0 spiro atoms. The zero-order valence-electron chi connectivity index (χ0n) is 16.8. The van der Waals surface area contributed by atoms with E-state index in [4.69, 9.17) is 9.26 Å². The number of carbonyl (C=O) groups excluding carboxylic acids is 1. The molecule has 32 heavy (non-hydrogen) atoms. The highest BCUT2D eigenvalue weighted by Crippen LogP contribution is 2.26. The van der Waals surface area contributed by atoms with Crippen molar-refractivity contribution in [2.45, 2.75) is 13.0 Å². The Balaban J connectivity index is 1.40. The van der Waals surface area contributed by atoms with Gasteiger partial charge in [0.25, 0.3) is 11.7 Å². The fraction of sp³-hybridized carbons (Fsp3) is 0.0909. The van der Waals surface area contributed by atoms with Gasteiger partial charge in [0, 0.05) is 18.0 Å². The average molecular weight is 444 g/mol. The first-order valence-electron chi connectivity index (χ1n) is 9.70. The molecular weight excluding hydrogens is 428 g/mol. The van der Waals surface area contributed by atoms with E-state index in [9.17, 15) is 4.79 Å². The van der Waals surface area contributed by atoms with Crippen molar-refractivity contribution in [3.05, 3.63) is 84.1 Å². The third kappa shape index (κ3) is 3.91. The van der Waals surface area contributed by atoms with Crippen molar-refractivity contribution in [3.8, 4) is 27.8 Å². The van der Waals surface area contributed by atoms with Gasteiger partial charge in [0.15, 0.2) is 11.9 Å². The molecular formula is C22H16N6O3S. The van der Waals surface area contributed by atoms with Crippen LogP contribution in [0, 0.1) is 0 Å². The third-order valence-electron chi connectivity index (χ3n) is 4.53. The fourth-order valence-electron chi connectivity index (χ4n) is 2.99. The number of benzene rings is 1. The molecule has 0 amide bonds. The topological polar surface area (TPSA) is 109 Å². The second kappa shape index (κ2) is 8.52. The van der Waals surface area contributed by atoms with Crippen LogP contribution in [0.2, 0.25) is 0 Å². The summed E-state index contributed by atoms with van der Waals surface area (Å²) in [5.41, 5.74) is 1.48. The van der Waals surface area contributed by atoms with E-state index in [1.54, 1.807) is 30.1 Å². The van der Waals surface area contributed by atoms with Gasteiger partial charge in [-0.15, -0.1) is 16.4 Å². The number of pyridine rings is 1. The molecule has 10 heteroatoms. The van der Waals surface area contributed by atoms with E-state index < -0.39 is 12.1 Å². The summed E-state index contributed by atoms with van der Waals surface area (Å²) in [7, 11) is 0. The first kappa shape index (κ1) is 19.8. The van der Waals surface area contributed by atoms with Gasteiger partial charge in [-0.2, -0.15) is 9.97 Å². The number of thiophene rings is 1. The molecule has 4 aromatic heterocycles. The molecule has 1 aromatic carbocycles. The lowest BCUT2D eigenvalue weighted by atomic mass is 10.3. The molecule has 0 aliphatic carbocycles. The highest BCUT2D eigenvalue weighted by atomic mass is 32.1. The molecule has 0 aliphatic heterocycles. The molecule has 0 saturated heterocycles. The molecule has 1 unspecified atom stereocenters. The third-order valence-corrected chi connectivity index (χ3v) is 5.39. The monoisotopic (exact) mass is 444 g/mol. The lowest BCUT2D eigenvalue weighted by Crippen LogP contribution is -2.11. The van der Waals surface area contributed by atoms with E-state index in [2.05, 4.69) is 25.2 Å². The molecule has 0 aliphatic rings. The Morgan fingerprint density at radius 1 is 1.09 bits per heavy atom. The van der Waals surface area contributed by atoms with Crippen LogP contribution in [-0.4, -0.2) is 35.9 Å². The van der Waals surface area contributed by atoms with Crippen molar-refractivity contribution in [3.63, 3.8) is 0 Å². The second-order valence-electron chi connectivity index (χ2n) is 6.73. The number of esters is 1. The highest BCUT2D eigenvalue weighted by molar-refractivity contribution is 7.13. The standard InChI is InChI=1S/C22H16N6O3S/c1-14(21-25-18(27-31-21)15-7-5-11-23-13-15)30-22(29)19-24-20(17-10-6-12-32-17)28(26-19)16-8-3-2-4-9-16/h2-14H,1H3. The van der Waals surface area contributed by atoms with Crippen LogP contribution in [0.25, 0.3) is 27.8 Å². The number of aromatic nitrogens is 6. The number of rotatable bonds is 6. The van der Waals surface area contributed by atoms with Gasteiger partial charge in [0.05, 0.1) is 10.6 Å². The molecule has 0 fully saturated rings. The van der Waals surface area contributed by atoms with E-state index in [0.717, 1.165) is 10.6 Å². The largest absolute Gasteiger partial charge is 0.447 e. The van der Waals surface area contributed by atoms with Crippen molar-refractivity contribution in [2.75, 3.05) is 0 Å². The lowest BCUT2D eigenvalue weighted by Gasteiger charge is -2.06. The number of para-hydroxylation sites is 1. The quantitative estimate of drug-likeness (QED) is 0.356. The number of hydrogen-bond donors (Lipinski definition) is 0. The number of hydrogen-bond acceptors (Lipinski definition) is 9. The predicted molar refractivity (Wildman–Crippen MR) is 116 cm³/mol. The Morgan fingerprint density at radius 3 is 2.72 bits per heavy atom. The summed E-state index contributed by atoms with van der Waals surface area (Å²) in [4.78, 5) is 26.5. The number of nitrogens with zero attached hydrogens (tertiary/aromatic N) is 6. The Hall–Kier alpha value is -4.18. The zero-order chi connectivity index (χ0) is 21.9. The van der Waals surface area contributed by atoms with Crippen LogP contribution in [0.15, 0.2) is 76.9 Å². The summed E-state index contributed by atoms with van der Waals surface area (Å²) in [5.74, 6) is 0.338. The maximum atomic E-state index is 12.8. The molecule has 4 heterocycles. The van der Waals surface area contributed by atoms with Gasteiger partial charge in [0.2, 0.25) is 5.82 Å². The van der Waals surface area contributed by atoms with Gasteiger partial charge < -0.3 is 9.26 Å². The maximum absolute atomic E-state index is 12.8. The van der Waals surface area contributed by atoms with Crippen LogP contribution in [0.1, 0.15) is 29.5 Å². The van der Waals surface area contributed by atoms with Gasteiger partial charge in [-0.25, -0.2) is 9.48 Å². The van der Waals surface area contributed by atoms with Gasteiger partial charge >= 0.3 is 5.97 Å². The smallest absolute Gasteiger partial charge is 0.379 e. The van der Waals surface area contributed by atoms with Crippen LogP contribution in [0.5, 0.6) is 0 Å². The average Bonchev–Trinajstić information content (AvgIpc) is 3.60. The van der Waals surface area contributed by atoms with E-state index in [0.29, 0.717) is 17.2 Å². The summed E-state index contributed by atoms with van der Waals surface area (Å²) in [5, 5.41) is 10.3. The van der Waals surface area contributed by atoms with Gasteiger partial charge in [0.1, 0.15) is 0 Å². The second-order valence-corrected chi connectivity index (χ2v) is 7.68. The Kier molecular flexibility index (Phi) is 5.26. The molecule has 0 N–H and O–H groups in total. The molecule has 0 saturated carbocycles. The van der Waals surface area contributed by atoms with Gasteiger partial charge in [-0.1, -0.05) is 29.4 Å². The molecule has 5 aromatic rings. The minimum Gasteiger partial charge on any atom is -0.447 e. The summed E-state index contributed by atoms with van der Waals surface area (Å²) in [6, 6.07) is 16.9. The molecule has 158 valence electrons. The number of ether oxygens (including phenoxy) is 1. The van der Waals surface area contributed by atoms with Crippen molar-refractivity contribution >= 4 is 17.3 Å². The van der Waals surface area contributed by atoms with Crippen molar-refractivity contribution < 1.29 is 14.1 Å². The van der Waals surface area contributed by atoms with Crippen molar-refractivity contribution in [1.82, 2.24) is 29.9 Å². The molecule has 0 bridgehead atoms. The first-order valence-corrected chi connectivity index (χ1v) is 10.6. The maximum Gasteiger partial charge on any atom is 0.379 e. The lowest BCUT2D eigenvalue weighted by molar-refractivity contribution is 0.0251. The minimum absolute atomic E-state index is 0.0592. The van der Waals surface area contributed by atoms with Gasteiger partial charge in [-0.05, 0) is 42.6 Å². The van der Waals surface area contributed by atoms with Crippen LogP contribution in [0.4, 0.5) is 0 Å². The summed E-state index contributed by atoms with van der Waals surface area (Å²) in [6.07, 6.45) is 2.49. The van der Waals surface area contributed by atoms with E-state index in [-0.39, 0.29) is 11.7 Å². The Morgan fingerprint density at radius 2 is 1.97 bits per heavy atom. The van der Waals surface area contributed by atoms with E-state index in [1.807, 2.05) is 53.9 Å². The van der Waals surface area contributed by atoms with Gasteiger partial charge in [-0.3, -0.25) is 4.98 Å². The fourth-order valence-corrected chi connectivity index (χ4v) is 3.69. The Bertz CT molecular complexity index is 1330. The molecule has 1 atom stereocenters. The molecule has 9 nitrogen and oxygen atoms in total. The van der Waals surface area contributed by atoms with Crippen molar-refractivity contribution in [2.24, 2.45) is 0 Å². The zero-order valence-corrected chi connectivity index (χ0v) is 17.6. The summed E-state index contributed by atoms with van der Waals surface area (Å²) >= 11 is 1.51. The minimum atomic E-state index is -0.783. The summed E-state index contributed by atoms with van der Waals surface area (Å²) < 4.78 is 12.4. The van der Waals surface area contributed by atoms with E-state index >= 15 is 0 Å². The van der Waals surface area contributed by atoms with Crippen molar-refractivity contribution in [1.29, 1.82) is 0 Å². The van der Waals surface area contributed by atoms with Crippen LogP contribution in [-0.2, 0) is 4.74 Å². The SMILES string of the molecule is CC(OC(=O)c1nc(-c2cccs2)n(-c2ccccc2)n1)c1nc(-c2cccnc2)no1. The predicted octanol–water partition coefficient (Wildman–Crippen LogP) is 4.36. The van der Waals surface area contributed by atoms with Crippen LogP contribution < -0.4 is 0 Å². The Labute approximate surface area is 186 Å². The van der Waals surface area contributed by atoms with Crippen LogP contribution >= 0.6 is 11.3 Å². The number of carbonyl (C=O) groups is 1. The molecule has 5 rings (SSSR count). The normalized spacial score (nSPS) is 11.9. The highest BCUT2D eigenvalue weighted by Gasteiger charge is 2.25. The first-order chi connectivity index (χ1) is 15.7.